The minimum absolute atomic E-state index is 0.0289. The number of phenolic OH excluding ortho intramolecular Hbond substituents is 1. The molecule has 0 bridgehead atoms. The van der Waals surface area contributed by atoms with Gasteiger partial charge in [-0.05, 0) is 43.5 Å². The van der Waals surface area contributed by atoms with E-state index >= 15 is 0 Å². The fourth-order valence-electron chi connectivity index (χ4n) is 3.00. The van der Waals surface area contributed by atoms with Crippen LogP contribution in [0.15, 0.2) is 51.7 Å². The summed E-state index contributed by atoms with van der Waals surface area (Å²) < 4.78 is 5.36. The molecule has 0 aliphatic heterocycles. The highest BCUT2D eigenvalue weighted by Crippen LogP contribution is 2.28. The molecule has 0 spiro atoms. The molecule has 2 aromatic carbocycles. The summed E-state index contributed by atoms with van der Waals surface area (Å²) in [5.74, 6) is -0.141. The van der Waals surface area contributed by atoms with Gasteiger partial charge >= 0.3 is 5.63 Å². The zero-order valence-electron chi connectivity index (χ0n) is 14.8. The Morgan fingerprint density at radius 3 is 2.54 bits per heavy atom. The van der Waals surface area contributed by atoms with Crippen molar-refractivity contribution in [2.24, 2.45) is 0 Å². The molecule has 0 unspecified atom stereocenters. The lowest BCUT2D eigenvalue weighted by Gasteiger charge is -2.10. The van der Waals surface area contributed by atoms with E-state index in [0.717, 1.165) is 17.4 Å². The first-order valence-electron chi connectivity index (χ1n) is 8.53. The molecule has 0 atom stereocenters. The van der Waals surface area contributed by atoms with E-state index in [1.54, 1.807) is 26.0 Å². The SMILES string of the molecule is Cc1c(CC(=O)NCCc2ccccc2)c(=O)oc2c(C)c(O)ccc12. The standard InChI is InChI=1S/C21H21NO4/c1-13-16-8-9-18(23)14(2)20(16)26-21(25)17(13)12-19(24)22-11-10-15-6-4-3-5-7-15/h3-9,23H,10-12H2,1-2H3,(H,22,24). The predicted octanol–water partition coefficient (Wildman–Crippen LogP) is 3.02. The van der Waals surface area contributed by atoms with Crippen LogP contribution in [0.4, 0.5) is 0 Å². The van der Waals surface area contributed by atoms with E-state index in [2.05, 4.69) is 5.32 Å². The predicted molar refractivity (Wildman–Crippen MR) is 100 cm³/mol. The van der Waals surface area contributed by atoms with Crippen molar-refractivity contribution < 1.29 is 14.3 Å². The molecule has 0 aliphatic rings. The Balaban J connectivity index is 1.75. The van der Waals surface area contributed by atoms with E-state index in [1.807, 2.05) is 30.3 Å². The summed E-state index contributed by atoms with van der Waals surface area (Å²) in [5.41, 5.74) is 2.53. The molecule has 3 aromatic rings. The van der Waals surface area contributed by atoms with Gasteiger partial charge in [-0.3, -0.25) is 4.79 Å². The lowest BCUT2D eigenvalue weighted by atomic mass is 10.0. The van der Waals surface area contributed by atoms with Crippen LogP contribution in [0.1, 0.15) is 22.3 Å². The molecule has 0 radical (unpaired) electrons. The molecule has 1 amide bonds. The lowest BCUT2D eigenvalue weighted by molar-refractivity contribution is -0.120. The number of carbonyl (C=O) groups is 1. The van der Waals surface area contributed by atoms with Crippen LogP contribution in [0.25, 0.3) is 11.0 Å². The van der Waals surface area contributed by atoms with Crippen molar-refractivity contribution in [1.29, 1.82) is 0 Å². The molecule has 0 saturated carbocycles. The Morgan fingerprint density at radius 1 is 1.08 bits per heavy atom. The van der Waals surface area contributed by atoms with E-state index in [4.69, 9.17) is 4.42 Å². The molecule has 1 aromatic heterocycles. The molecule has 3 rings (SSSR count). The molecule has 0 aliphatic carbocycles. The van der Waals surface area contributed by atoms with Gasteiger partial charge in [-0.2, -0.15) is 0 Å². The summed E-state index contributed by atoms with van der Waals surface area (Å²) >= 11 is 0. The van der Waals surface area contributed by atoms with Crippen LogP contribution in [-0.4, -0.2) is 17.6 Å². The van der Waals surface area contributed by atoms with Gasteiger partial charge in [0.25, 0.3) is 0 Å². The third-order valence-corrected chi connectivity index (χ3v) is 4.59. The van der Waals surface area contributed by atoms with Gasteiger partial charge in [0.2, 0.25) is 5.91 Å². The van der Waals surface area contributed by atoms with Crippen LogP contribution < -0.4 is 10.9 Å². The van der Waals surface area contributed by atoms with Crippen molar-refractivity contribution in [3.05, 3.63) is 75.1 Å². The van der Waals surface area contributed by atoms with E-state index in [9.17, 15) is 14.7 Å². The van der Waals surface area contributed by atoms with Crippen LogP contribution >= 0.6 is 0 Å². The van der Waals surface area contributed by atoms with Gasteiger partial charge in [-0.1, -0.05) is 30.3 Å². The van der Waals surface area contributed by atoms with Gasteiger partial charge in [0.05, 0.1) is 12.0 Å². The number of hydrogen-bond donors (Lipinski definition) is 2. The lowest BCUT2D eigenvalue weighted by Crippen LogP contribution is -2.29. The fourth-order valence-corrected chi connectivity index (χ4v) is 3.00. The van der Waals surface area contributed by atoms with Crippen LogP contribution in [0.5, 0.6) is 5.75 Å². The van der Waals surface area contributed by atoms with Gasteiger partial charge in [0.1, 0.15) is 11.3 Å². The fraction of sp³-hybridized carbons (Fsp3) is 0.238. The monoisotopic (exact) mass is 351 g/mol. The van der Waals surface area contributed by atoms with Crippen molar-refractivity contribution in [2.45, 2.75) is 26.7 Å². The second-order valence-electron chi connectivity index (χ2n) is 6.34. The van der Waals surface area contributed by atoms with Crippen molar-refractivity contribution >= 4 is 16.9 Å². The van der Waals surface area contributed by atoms with Crippen LogP contribution in [0.3, 0.4) is 0 Å². The number of aromatic hydroxyl groups is 1. The van der Waals surface area contributed by atoms with Gasteiger partial charge in [-0.15, -0.1) is 0 Å². The van der Waals surface area contributed by atoms with Crippen molar-refractivity contribution in [2.75, 3.05) is 6.54 Å². The molecule has 26 heavy (non-hydrogen) atoms. The normalized spacial score (nSPS) is 10.8. The first kappa shape index (κ1) is 17.7. The summed E-state index contributed by atoms with van der Waals surface area (Å²) in [4.78, 5) is 24.6. The minimum Gasteiger partial charge on any atom is -0.508 e. The number of rotatable bonds is 5. The quantitative estimate of drug-likeness (QED) is 0.693. The van der Waals surface area contributed by atoms with Crippen molar-refractivity contribution in [3.8, 4) is 5.75 Å². The van der Waals surface area contributed by atoms with Gasteiger partial charge < -0.3 is 14.8 Å². The first-order valence-corrected chi connectivity index (χ1v) is 8.53. The maximum Gasteiger partial charge on any atom is 0.340 e. The largest absolute Gasteiger partial charge is 0.508 e. The average molecular weight is 351 g/mol. The molecule has 0 saturated heterocycles. The van der Waals surface area contributed by atoms with E-state index in [1.165, 1.54) is 0 Å². The summed E-state index contributed by atoms with van der Waals surface area (Å²) in [6.45, 7) is 3.99. The zero-order valence-corrected chi connectivity index (χ0v) is 14.8. The number of amides is 1. The molecule has 1 heterocycles. The van der Waals surface area contributed by atoms with Crippen LogP contribution in [0, 0.1) is 13.8 Å². The van der Waals surface area contributed by atoms with Gasteiger partial charge in [0, 0.05) is 17.5 Å². The van der Waals surface area contributed by atoms with E-state index in [0.29, 0.717) is 28.8 Å². The van der Waals surface area contributed by atoms with E-state index in [-0.39, 0.29) is 18.1 Å². The minimum atomic E-state index is -0.540. The molecular formula is C21H21NO4. The molecule has 134 valence electrons. The second kappa shape index (κ2) is 7.44. The number of benzene rings is 2. The highest BCUT2D eigenvalue weighted by Gasteiger charge is 2.16. The Bertz CT molecular complexity index is 1010. The van der Waals surface area contributed by atoms with Gasteiger partial charge in [0.15, 0.2) is 0 Å². The summed E-state index contributed by atoms with van der Waals surface area (Å²) in [5, 5.41) is 13.4. The molecule has 5 nitrogen and oxygen atoms in total. The maximum absolute atomic E-state index is 12.3. The van der Waals surface area contributed by atoms with Gasteiger partial charge in [-0.25, -0.2) is 4.79 Å². The number of phenols is 1. The number of fused-ring (bicyclic) bond motifs is 1. The topological polar surface area (TPSA) is 79.5 Å². The summed E-state index contributed by atoms with van der Waals surface area (Å²) in [7, 11) is 0. The third-order valence-electron chi connectivity index (χ3n) is 4.59. The summed E-state index contributed by atoms with van der Waals surface area (Å²) in [6.07, 6.45) is 0.704. The molecule has 0 fully saturated rings. The van der Waals surface area contributed by atoms with Crippen LogP contribution in [-0.2, 0) is 17.6 Å². The highest BCUT2D eigenvalue weighted by atomic mass is 16.4. The average Bonchev–Trinajstić information content (AvgIpc) is 2.63. The Morgan fingerprint density at radius 2 is 1.81 bits per heavy atom. The van der Waals surface area contributed by atoms with Crippen molar-refractivity contribution in [1.82, 2.24) is 5.32 Å². The number of hydrogen-bond acceptors (Lipinski definition) is 4. The number of aryl methyl sites for hydroxylation is 2. The third kappa shape index (κ3) is 3.61. The van der Waals surface area contributed by atoms with Crippen molar-refractivity contribution in [3.63, 3.8) is 0 Å². The number of carbonyl (C=O) groups excluding carboxylic acids is 1. The van der Waals surface area contributed by atoms with E-state index < -0.39 is 5.63 Å². The highest BCUT2D eigenvalue weighted by molar-refractivity contribution is 5.87. The summed E-state index contributed by atoms with van der Waals surface area (Å²) in [6, 6.07) is 13.1. The second-order valence-corrected chi connectivity index (χ2v) is 6.34. The number of nitrogens with one attached hydrogen (secondary N) is 1. The smallest absolute Gasteiger partial charge is 0.340 e. The Labute approximate surface area is 151 Å². The molecule has 5 heteroatoms. The molecule has 2 N–H and O–H groups in total. The Kier molecular flexibility index (Phi) is 5.07. The van der Waals surface area contributed by atoms with Crippen LogP contribution in [0.2, 0.25) is 0 Å². The maximum atomic E-state index is 12.3. The molecular weight excluding hydrogens is 330 g/mol. The first-order chi connectivity index (χ1) is 12.5. The Hall–Kier alpha value is -3.08. The zero-order chi connectivity index (χ0) is 18.7.